The Balaban J connectivity index is 2.20. The van der Waals surface area contributed by atoms with E-state index in [-0.39, 0.29) is 12.1 Å². The van der Waals surface area contributed by atoms with Gasteiger partial charge in [0.25, 0.3) is 0 Å². The molecule has 0 radical (unpaired) electrons. The molecule has 0 atom stereocenters. The average Bonchev–Trinajstić information content (AvgIpc) is 2.29. The van der Waals surface area contributed by atoms with Crippen LogP contribution in [0.2, 0.25) is 0 Å². The molecular formula is C12H18FNO2. The summed E-state index contributed by atoms with van der Waals surface area (Å²) in [6.45, 7) is 1.40. The largest absolute Gasteiger partial charge is 0.355 e. The van der Waals surface area contributed by atoms with Crippen molar-refractivity contribution in [2.24, 2.45) is 0 Å². The first-order valence-electron chi connectivity index (χ1n) is 5.27. The third kappa shape index (κ3) is 4.70. The van der Waals surface area contributed by atoms with Crippen LogP contribution in [-0.2, 0) is 15.9 Å². The molecule has 1 N–H and O–H groups in total. The van der Waals surface area contributed by atoms with Gasteiger partial charge in [0.1, 0.15) is 5.82 Å². The predicted molar refractivity (Wildman–Crippen MR) is 60.8 cm³/mol. The van der Waals surface area contributed by atoms with Crippen LogP contribution in [0.25, 0.3) is 0 Å². The summed E-state index contributed by atoms with van der Waals surface area (Å²) in [5.74, 6) is -0.191. The average molecular weight is 227 g/mol. The molecule has 1 rings (SSSR count). The van der Waals surface area contributed by atoms with E-state index in [2.05, 4.69) is 5.32 Å². The smallest absolute Gasteiger partial charge is 0.169 e. The Morgan fingerprint density at radius 2 is 2.06 bits per heavy atom. The summed E-state index contributed by atoms with van der Waals surface area (Å²) in [5, 5.41) is 3.18. The van der Waals surface area contributed by atoms with Crippen molar-refractivity contribution in [3.8, 4) is 0 Å². The number of methoxy groups -OCH3 is 2. The lowest BCUT2D eigenvalue weighted by atomic mass is 10.1. The standard InChI is InChI=1S/C12H18FNO2/c1-15-12(16-2)9-14-7-6-10-4-3-5-11(13)8-10/h3-5,8,12,14H,6-7,9H2,1-2H3. The topological polar surface area (TPSA) is 30.5 Å². The normalized spacial score (nSPS) is 11.0. The van der Waals surface area contributed by atoms with E-state index >= 15 is 0 Å². The number of benzene rings is 1. The van der Waals surface area contributed by atoms with Gasteiger partial charge in [-0.1, -0.05) is 12.1 Å². The zero-order chi connectivity index (χ0) is 11.8. The monoisotopic (exact) mass is 227 g/mol. The summed E-state index contributed by atoms with van der Waals surface area (Å²) in [7, 11) is 3.20. The summed E-state index contributed by atoms with van der Waals surface area (Å²) in [6.07, 6.45) is 0.560. The van der Waals surface area contributed by atoms with Crippen molar-refractivity contribution in [3.05, 3.63) is 35.6 Å². The van der Waals surface area contributed by atoms with Gasteiger partial charge in [0.15, 0.2) is 6.29 Å². The Morgan fingerprint density at radius 3 is 2.69 bits per heavy atom. The maximum Gasteiger partial charge on any atom is 0.169 e. The number of hydrogen-bond donors (Lipinski definition) is 1. The highest BCUT2D eigenvalue weighted by Gasteiger charge is 2.03. The maximum absolute atomic E-state index is 12.9. The molecule has 0 saturated carbocycles. The lowest BCUT2D eigenvalue weighted by Crippen LogP contribution is -2.31. The second-order valence-corrected chi connectivity index (χ2v) is 3.49. The molecule has 0 aliphatic rings. The SMILES string of the molecule is COC(CNCCc1cccc(F)c1)OC. The van der Waals surface area contributed by atoms with Gasteiger partial charge in [-0.15, -0.1) is 0 Å². The fourth-order valence-electron chi connectivity index (χ4n) is 1.41. The fraction of sp³-hybridized carbons (Fsp3) is 0.500. The van der Waals surface area contributed by atoms with Gasteiger partial charge in [0, 0.05) is 20.8 Å². The van der Waals surface area contributed by atoms with Crippen LogP contribution >= 0.6 is 0 Å². The van der Waals surface area contributed by atoms with Gasteiger partial charge >= 0.3 is 0 Å². The highest BCUT2D eigenvalue weighted by molar-refractivity contribution is 5.16. The molecule has 16 heavy (non-hydrogen) atoms. The van der Waals surface area contributed by atoms with Crippen molar-refractivity contribution < 1.29 is 13.9 Å². The van der Waals surface area contributed by atoms with Crippen LogP contribution in [0.15, 0.2) is 24.3 Å². The molecule has 0 aliphatic carbocycles. The molecule has 90 valence electrons. The Bertz CT molecular complexity index is 303. The first-order chi connectivity index (χ1) is 7.76. The predicted octanol–water partition coefficient (Wildman–Crippen LogP) is 1.58. The van der Waals surface area contributed by atoms with Crippen LogP contribution in [0, 0.1) is 5.82 Å². The van der Waals surface area contributed by atoms with E-state index in [0.717, 1.165) is 18.5 Å². The van der Waals surface area contributed by atoms with Crippen LogP contribution in [-0.4, -0.2) is 33.6 Å². The number of nitrogens with one attached hydrogen (secondary N) is 1. The first kappa shape index (κ1) is 13.1. The first-order valence-corrected chi connectivity index (χ1v) is 5.27. The fourth-order valence-corrected chi connectivity index (χ4v) is 1.41. The summed E-state index contributed by atoms with van der Waals surface area (Å²) < 4.78 is 22.9. The van der Waals surface area contributed by atoms with Crippen LogP contribution in [0.5, 0.6) is 0 Å². The quantitative estimate of drug-likeness (QED) is 0.566. The van der Waals surface area contributed by atoms with E-state index in [1.54, 1.807) is 26.4 Å². The minimum Gasteiger partial charge on any atom is -0.355 e. The molecule has 0 amide bonds. The van der Waals surface area contributed by atoms with E-state index in [9.17, 15) is 4.39 Å². The minimum atomic E-state index is -0.229. The molecule has 0 heterocycles. The number of halogens is 1. The number of ether oxygens (including phenoxy) is 2. The Morgan fingerprint density at radius 1 is 1.31 bits per heavy atom. The van der Waals surface area contributed by atoms with Crippen molar-refractivity contribution in [2.45, 2.75) is 12.7 Å². The van der Waals surface area contributed by atoms with E-state index in [4.69, 9.17) is 9.47 Å². The van der Waals surface area contributed by atoms with Crippen LogP contribution < -0.4 is 5.32 Å². The van der Waals surface area contributed by atoms with Gasteiger partial charge in [-0.2, -0.15) is 0 Å². The van der Waals surface area contributed by atoms with Gasteiger partial charge in [0.2, 0.25) is 0 Å². The molecule has 1 aromatic rings. The summed E-state index contributed by atoms with van der Waals surface area (Å²) in [4.78, 5) is 0. The molecule has 0 unspecified atom stereocenters. The van der Waals surface area contributed by atoms with Gasteiger partial charge in [-0.05, 0) is 30.7 Å². The van der Waals surface area contributed by atoms with Crippen molar-refractivity contribution >= 4 is 0 Å². The molecule has 0 saturated heterocycles. The van der Waals surface area contributed by atoms with Crippen molar-refractivity contribution in [3.63, 3.8) is 0 Å². The summed E-state index contributed by atoms with van der Waals surface area (Å²) in [5.41, 5.74) is 0.985. The number of hydrogen-bond acceptors (Lipinski definition) is 3. The van der Waals surface area contributed by atoms with Gasteiger partial charge in [-0.25, -0.2) is 4.39 Å². The maximum atomic E-state index is 12.9. The highest BCUT2D eigenvalue weighted by Crippen LogP contribution is 2.03. The summed E-state index contributed by atoms with van der Waals surface area (Å²) >= 11 is 0. The Kier molecular flexibility index (Phi) is 6.00. The molecule has 3 nitrogen and oxygen atoms in total. The molecule has 1 aromatic carbocycles. The van der Waals surface area contributed by atoms with Crippen LogP contribution in [0.1, 0.15) is 5.56 Å². The van der Waals surface area contributed by atoms with Gasteiger partial charge in [-0.3, -0.25) is 0 Å². The van der Waals surface area contributed by atoms with Crippen molar-refractivity contribution in [1.82, 2.24) is 5.32 Å². The molecule has 0 bridgehead atoms. The molecule has 0 aliphatic heterocycles. The molecule has 4 heteroatoms. The van der Waals surface area contributed by atoms with Crippen molar-refractivity contribution in [2.75, 3.05) is 27.3 Å². The third-order valence-corrected chi connectivity index (χ3v) is 2.32. The number of rotatable bonds is 7. The third-order valence-electron chi connectivity index (χ3n) is 2.32. The highest BCUT2D eigenvalue weighted by atomic mass is 19.1. The second kappa shape index (κ2) is 7.33. The Hall–Kier alpha value is -0.970. The van der Waals surface area contributed by atoms with Gasteiger partial charge in [0.05, 0.1) is 0 Å². The lowest BCUT2D eigenvalue weighted by Gasteiger charge is -2.13. The van der Waals surface area contributed by atoms with Crippen molar-refractivity contribution in [1.29, 1.82) is 0 Å². The zero-order valence-electron chi connectivity index (χ0n) is 9.70. The molecule has 0 fully saturated rings. The molecule has 0 aromatic heterocycles. The Labute approximate surface area is 95.6 Å². The van der Waals surface area contributed by atoms with E-state index < -0.39 is 0 Å². The lowest BCUT2D eigenvalue weighted by molar-refractivity contribution is -0.0986. The molecular weight excluding hydrogens is 209 g/mol. The molecule has 0 spiro atoms. The van der Waals surface area contributed by atoms with Crippen LogP contribution in [0.3, 0.4) is 0 Å². The van der Waals surface area contributed by atoms with E-state index in [1.165, 1.54) is 6.07 Å². The van der Waals surface area contributed by atoms with E-state index in [0.29, 0.717) is 6.54 Å². The van der Waals surface area contributed by atoms with E-state index in [1.807, 2.05) is 6.07 Å². The minimum absolute atomic E-state index is 0.191. The second-order valence-electron chi connectivity index (χ2n) is 3.49. The van der Waals surface area contributed by atoms with Crippen LogP contribution in [0.4, 0.5) is 4.39 Å². The summed E-state index contributed by atoms with van der Waals surface area (Å²) in [6, 6.07) is 6.63. The van der Waals surface area contributed by atoms with Gasteiger partial charge < -0.3 is 14.8 Å². The zero-order valence-corrected chi connectivity index (χ0v) is 9.70.